The van der Waals surface area contributed by atoms with E-state index in [0.717, 1.165) is 17.8 Å². The first kappa shape index (κ1) is 17.6. The fourth-order valence-corrected chi connectivity index (χ4v) is 2.22. The van der Waals surface area contributed by atoms with Crippen molar-refractivity contribution >= 4 is 28.8 Å². The average molecular weight is 307 g/mol. The van der Waals surface area contributed by atoms with Gasteiger partial charge in [-0.3, -0.25) is 9.69 Å². The van der Waals surface area contributed by atoms with Crippen LogP contribution in [-0.4, -0.2) is 35.4 Å². The number of aryl methyl sites for hydroxylation is 1. The highest BCUT2D eigenvalue weighted by Gasteiger charge is 2.13. The molecular formula is C16H25N3OS. The van der Waals surface area contributed by atoms with E-state index >= 15 is 0 Å². The van der Waals surface area contributed by atoms with Crippen molar-refractivity contribution in [2.24, 2.45) is 11.7 Å². The highest BCUT2D eigenvalue weighted by Crippen LogP contribution is 2.13. The van der Waals surface area contributed by atoms with Crippen molar-refractivity contribution in [1.29, 1.82) is 0 Å². The molecule has 0 aliphatic rings. The molecular weight excluding hydrogens is 282 g/mol. The minimum absolute atomic E-state index is 0.00658. The molecule has 0 spiro atoms. The topological polar surface area (TPSA) is 58.4 Å². The third kappa shape index (κ3) is 7.20. The lowest BCUT2D eigenvalue weighted by atomic mass is 10.2. The lowest BCUT2D eigenvalue weighted by molar-refractivity contribution is -0.117. The summed E-state index contributed by atoms with van der Waals surface area (Å²) in [6.07, 6.45) is 0.639. The Labute approximate surface area is 132 Å². The van der Waals surface area contributed by atoms with E-state index in [-0.39, 0.29) is 5.91 Å². The van der Waals surface area contributed by atoms with E-state index < -0.39 is 0 Å². The number of nitrogens with one attached hydrogen (secondary N) is 1. The molecule has 3 N–H and O–H groups in total. The fraction of sp³-hybridized carbons (Fsp3) is 0.500. The third-order valence-corrected chi connectivity index (χ3v) is 3.29. The molecule has 4 nitrogen and oxygen atoms in total. The Hall–Kier alpha value is -1.46. The predicted molar refractivity (Wildman–Crippen MR) is 92.5 cm³/mol. The fourth-order valence-electron chi connectivity index (χ4n) is 2.13. The Morgan fingerprint density at radius 3 is 2.62 bits per heavy atom. The molecule has 5 heteroatoms. The Bertz CT molecular complexity index is 488. The van der Waals surface area contributed by atoms with Crippen LogP contribution in [0.2, 0.25) is 0 Å². The van der Waals surface area contributed by atoms with Gasteiger partial charge in [0, 0.05) is 25.2 Å². The zero-order chi connectivity index (χ0) is 15.8. The van der Waals surface area contributed by atoms with E-state index in [1.165, 1.54) is 0 Å². The van der Waals surface area contributed by atoms with Crippen LogP contribution in [0.4, 0.5) is 5.69 Å². The zero-order valence-corrected chi connectivity index (χ0v) is 13.9. The number of nitrogens with two attached hydrogens (primary N) is 1. The van der Waals surface area contributed by atoms with Crippen molar-refractivity contribution in [1.82, 2.24) is 4.90 Å². The van der Waals surface area contributed by atoms with Crippen molar-refractivity contribution in [3.05, 3.63) is 29.8 Å². The summed E-state index contributed by atoms with van der Waals surface area (Å²) in [5, 5.41) is 2.96. The Morgan fingerprint density at radius 2 is 2.05 bits per heavy atom. The monoisotopic (exact) mass is 307 g/mol. The molecule has 1 aromatic rings. The smallest absolute Gasteiger partial charge is 0.238 e. The van der Waals surface area contributed by atoms with Gasteiger partial charge in [-0.15, -0.1) is 0 Å². The van der Waals surface area contributed by atoms with Gasteiger partial charge in [-0.25, -0.2) is 0 Å². The van der Waals surface area contributed by atoms with Crippen LogP contribution in [0.25, 0.3) is 0 Å². The van der Waals surface area contributed by atoms with E-state index in [0.29, 0.717) is 30.4 Å². The van der Waals surface area contributed by atoms with Crippen molar-refractivity contribution < 1.29 is 4.79 Å². The molecule has 1 amide bonds. The molecule has 0 saturated carbocycles. The van der Waals surface area contributed by atoms with Gasteiger partial charge in [0.25, 0.3) is 0 Å². The summed E-state index contributed by atoms with van der Waals surface area (Å²) in [6.45, 7) is 8.17. The number of carbonyl (C=O) groups is 1. The van der Waals surface area contributed by atoms with Crippen LogP contribution in [0.1, 0.15) is 25.8 Å². The standard InChI is InChI=1S/C16H25N3OS/c1-12(2)10-19(9-8-15(17)21)11-16(20)18-14-7-5-4-6-13(14)3/h4-7,12H,8-11H2,1-3H3,(H2,17,21)(H,18,20). The minimum atomic E-state index is -0.00658. The van der Waals surface area contributed by atoms with Crippen molar-refractivity contribution in [2.75, 3.05) is 25.0 Å². The van der Waals surface area contributed by atoms with E-state index in [4.69, 9.17) is 18.0 Å². The van der Waals surface area contributed by atoms with E-state index in [1.807, 2.05) is 31.2 Å². The molecule has 0 radical (unpaired) electrons. The van der Waals surface area contributed by atoms with Crippen molar-refractivity contribution in [3.63, 3.8) is 0 Å². The molecule has 0 aliphatic carbocycles. The summed E-state index contributed by atoms with van der Waals surface area (Å²) in [5.41, 5.74) is 7.47. The van der Waals surface area contributed by atoms with Gasteiger partial charge in [0.1, 0.15) is 0 Å². The zero-order valence-electron chi connectivity index (χ0n) is 13.1. The highest BCUT2D eigenvalue weighted by molar-refractivity contribution is 7.80. The first-order chi connectivity index (χ1) is 9.88. The summed E-state index contributed by atoms with van der Waals surface area (Å²) in [5.74, 6) is 0.482. The third-order valence-electron chi connectivity index (χ3n) is 3.08. The summed E-state index contributed by atoms with van der Waals surface area (Å²) in [6, 6.07) is 7.77. The first-order valence-electron chi connectivity index (χ1n) is 7.24. The molecule has 1 rings (SSSR count). The molecule has 0 atom stereocenters. The lowest BCUT2D eigenvalue weighted by Crippen LogP contribution is -2.37. The normalized spacial score (nSPS) is 10.9. The second kappa shape index (κ2) is 8.74. The number of nitrogens with zero attached hydrogens (tertiary/aromatic N) is 1. The Kier molecular flexibility index (Phi) is 7.32. The van der Waals surface area contributed by atoms with Gasteiger partial charge in [0.15, 0.2) is 0 Å². The van der Waals surface area contributed by atoms with Crippen LogP contribution in [0.5, 0.6) is 0 Å². The molecule has 0 aliphatic heterocycles. The van der Waals surface area contributed by atoms with Crippen LogP contribution in [-0.2, 0) is 4.79 Å². The molecule has 0 unspecified atom stereocenters. The summed E-state index contributed by atoms with van der Waals surface area (Å²) in [7, 11) is 0. The molecule has 0 bridgehead atoms. The van der Waals surface area contributed by atoms with Gasteiger partial charge in [-0.05, 0) is 24.5 Å². The number of para-hydroxylation sites is 1. The summed E-state index contributed by atoms with van der Waals surface area (Å²) in [4.78, 5) is 14.8. The van der Waals surface area contributed by atoms with E-state index in [9.17, 15) is 4.79 Å². The van der Waals surface area contributed by atoms with Gasteiger partial charge >= 0.3 is 0 Å². The molecule has 0 fully saturated rings. The number of hydrogen-bond donors (Lipinski definition) is 2. The quantitative estimate of drug-likeness (QED) is 0.725. The van der Waals surface area contributed by atoms with Gasteiger partial charge < -0.3 is 11.1 Å². The molecule has 0 saturated heterocycles. The SMILES string of the molecule is Cc1ccccc1NC(=O)CN(CCC(N)=S)CC(C)C. The average Bonchev–Trinajstić information content (AvgIpc) is 2.38. The first-order valence-corrected chi connectivity index (χ1v) is 7.65. The second-order valence-electron chi connectivity index (χ2n) is 5.71. The maximum absolute atomic E-state index is 12.2. The number of hydrogen-bond acceptors (Lipinski definition) is 3. The van der Waals surface area contributed by atoms with Gasteiger partial charge in [0.05, 0.1) is 11.5 Å². The number of amides is 1. The van der Waals surface area contributed by atoms with Crippen molar-refractivity contribution in [2.45, 2.75) is 27.2 Å². The molecule has 0 aromatic heterocycles. The lowest BCUT2D eigenvalue weighted by Gasteiger charge is -2.23. The van der Waals surface area contributed by atoms with Crippen LogP contribution in [0.15, 0.2) is 24.3 Å². The largest absolute Gasteiger partial charge is 0.393 e. The molecule has 21 heavy (non-hydrogen) atoms. The van der Waals surface area contributed by atoms with Gasteiger partial charge in [0.2, 0.25) is 5.91 Å². The maximum Gasteiger partial charge on any atom is 0.238 e. The van der Waals surface area contributed by atoms with Crippen LogP contribution >= 0.6 is 12.2 Å². The summed E-state index contributed by atoms with van der Waals surface area (Å²) < 4.78 is 0. The molecule has 1 aromatic carbocycles. The Balaban J connectivity index is 2.58. The van der Waals surface area contributed by atoms with Gasteiger partial charge in [-0.1, -0.05) is 44.3 Å². The Morgan fingerprint density at radius 1 is 1.38 bits per heavy atom. The summed E-state index contributed by atoms with van der Waals surface area (Å²) >= 11 is 4.91. The number of rotatable bonds is 8. The van der Waals surface area contributed by atoms with Crippen LogP contribution in [0, 0.1) is 12.8 Å². The number of thiocarbonyl (C=S) groups is 1. The number of benzene rings is 1. The van der Waals surface area contributed by atoms with Crippen LogP contribution in [0.3, 0.4) is 0 Å². The van der Waals surface area contributed by atoms with Crippen molar-refractivity contribution in [3.8, 4) is 0 Å². The maximum atomic E-state index is 12.2. The number of carbonyl (C=O) groups excluding carboxylic acids is 1. The number of anilines is 1. The predicted octanol–water partition coefficient (Wildman–Crippen LogP) is 2.57. The second-order valence-corrected chi connectivity index (χ2v) is 6.23. The minimum Gasteiger partial charge on any atom is -0.393 e. The van der Waals surface area contributed by atoms with E-state index in [2.05, 4.69) is 24.1 Å². The van der Waals surface area contributed by atoms with Gasteiger partial charge in [-0.2, -0.15) is 0 Å². The highest BCUT2D eigenvalue weighted by atomic mass is 32.1. The molecule has 0 heterocycles. The molecule has 116 valence electrons. The van der Waals surface area contributed by atoms with E-state index in [1.54, 1.807) is 0 Å². The van der Waals surface area contributed by atoms with Crippen LogP contribution < -0.4 is 11.1 Å².